The number of hydrogen-bond acceptors (Lipinski definition) is 4. The Balaban J connectivity index is 2.44. The summed E-state index contributed by atoms with van der Waals surface area (Å²) >= 11 is 0. The predicted molar refractivity (Wildman–Crippen MR) is 77.3 cm³/mol. The van der Waals surface area contributed by atoms with Crippen molar-refractivity contribution in [2.24, 2.45) is 11.8 Å². The van der Waals surface area contributed by atoms with Crippen LogP contribution in [-0.4, -0.2) is 38.7 Å². The Kier molecular flexibility index (Phi) is 6.64. The molecule has 1 amide bonds. The Morgan fingerprint density at radius 3 is 2.75 bits per heavy atom. The first kappa shape index (κ1) is 16.6. The molecule has 0 aliphatic heterocycles. The fourth-order valence-corrected chi connectivity index (χ4v) is 1.66. The van der Waals surface area contributed by atoms with Gasteiger partial charge in [0.2, 0.25) is 0 Å². The summed E-state index contributed by atoms with van der Waals surface area (Å²) in [6, 6.07) is 0. The van der Waals surface area contributed by atoms with Gasteiger partial charge in [-0.15, -0.1) is 5.10 Å². The summed E-state index contributed by atoms with van der Waals surface area (Å²) in [5.74, 6) is 0.460. The van der Waals surface area contributed by atoms with Crippen LogP contribution in [0.4, 0.5) is 0 Å². The van der Waals surface area contributed by atoms with Crippen molar-refractivity contribution in [1.82, 2.24) is 20.3 Å². The second-order valence-electron chi connectivity index (χ2n) is 5.71. The third kappa shape index (κ3) is 5.28. The SMILES string of the molecule is CCC(C)C(O)CNC(=O)c1cn(CCC(C)C)nn1. The minimum absolute atomic E-state index is 0.164. The molecule has 0 saturated heterocycles. The van der Waals surface area contributed by atoms with Crippen molar-refractivity contribution < 1.29 is 9.90 Å². The molecule has 0 aliphatic carbocycles. The van der Waals surface area contributed by atoms with Gasteiger partial charge >= 0.3 is 0 Å². The lowest BCUT2D eigenvalue weighted by Crippen LogP contribution is -2.35. The first-order chi connectivity index (χ1) is 9.43. The number of aliphatic hydroxyl groups is 1. The number of nitrogens with zero attached hydrogens (tertiary/aromatic N) is 3. The van der Waals surface area contributed by atoms with Gasteiger partial charge in [-0.25, -0.2) is 0 Å². The summed E-state index contributed by atoms with van der Waals surface area (Å²) in [5.41, 5.74) is 0.296. The van der Waals surface area contributed by atoms with E-state index in [1.807, 2.05) is 13.8 Å². The molecule has 0 aliphatic rings. The number of aryl methyl sites for hydroxylation is 1. The molecule has 6 heteroatoms. The second-order valence-corrected chi connectivity index (χ2v) is 5.71. The van der Waals surface area contributed by atoms with Crippen molar-refractivity contribution in [2.75, 3.05) is 6.54 Å². The van der Waals surface area contributed by atoms with Gasteiger partial charge in [-0.05, 0) is 18.3 Å². The first-order valence-electron chi connectivity index (χ1n) is 7.30. The molecule has 0 radical (unpaired) electrons. The van der Waals surface area contributed by atoms with Gasteiger partial charge in [-0.1, -0.05) is 39.3 Å². The number of carbonyl (C=O) groups excluding carboxylic acids is 1. The molecule has 114 valence electrons. The second kappa shape index (κ2) is 7.99. The fraction of sp³-hybridized carbons (Fsp3) is 0.786. The monoisotopic (exact) mass is 282 g/mol. The molecule has 1 heterocycles. The van der Waals surface area contributed by atoms with Gasteiger partial charge in [0.05, 0.1) is 12.3 Å². The van der Waals surface area contributed by atoms with E-state index in [9.17, 15) is 9.90 Å². The Morgan fingerprint density at radius 2 is 2.15 bits per heavy atom. The van der Waals surface area contributed by atoms with Crippen molar-refractivity contribution in [3.63, 3.8) is 0 Å². The van der Waals surface area contributed by atoms with Crippen LogP contribution in [0.25, 0.3) is 0 Å². The Bertz CT molecular complexity index is 417. The van der Waals surface area contributed by atoms with E-state index in [0.29, 0.717) is 11.6 Å². The zero-order valence-corrected chi connectivity index (χ0v) is 12.8. The Hall–Kier alpha value is -1.43. The summed E-state index contributed by atoms with van der Waals surface area (Å²) in [5, 5.41) is 20.3. The molecule has 0 aromatic carbocycles. The summed E-state index contributed by atoms with van der Waals surface area (Å²) in [7, 11) is 0. The lowest BCUT2D eigenvalue weighted by Gasteiger charge is -2.16. The van der Waals surface area contributed by atoms with Gasteiger partial charge in [-0.3, -0.25) is 9.48 Å². The summed E-state index contributed by atoms with van der Waals surface area (Å²) in [6.45, 7) is 9.25. The quantitative estimate of drug-likeness (QED) is 0.756. The lowest BCUT2D eigenvalue weighted by molar-refractivity contribution is 0.0846. The highest BCUT2D eigenvalue weighted by Crippen LogP contribution is 2.06. The molecule has 1 rings (SSSR count). The normalized spacial score (nSPS) is 14.3. The van der Waals surface area contributed by atoms with Gasteiger partial charge in [-0.2, -0.15) is 0 Å². The molecule has 0 bridgehead atoms. The number of carbonyl (C=O) groups is 1. The van der Waals surface area contributed by atoms with E-state index >= 15 is 0 Å². The number of hydrogen-bond donors (Lipinski definition) is 2. The predicted octanol–water partition coefficient (Wildman–Crippen LogP) is 1.46. The third-order valence-electron chi connectivity index (χ3n) is 3.48. The maximum absolute atomic E-state index is 11.9. The molecular weight excluding hydrogens is 256 g/mol. The van der Waals surface area contributed by atoms with Crippen molar-refractivity contribution in [3.05, 3.63) is 11.9 Å². The van der Waals surface area contributed by atoms with Crippen LogP contribution in [0.1, 0.15) is 51.0 Å². The van der Waals surface area contributed by atoms with Crippen molar-refractivity contribution in [1.29, 1.82) is 0 Å². The highest BCUT2D eigenvalue weighted by Gasteiger charge is 2.16. The topological polar surface area (TPSA) is 80.0 Å². The Labute approximate surface area is 120 Å². The van der Waals surface area contributed by atoms with E-state index in [0.717, 1.165) is 19.4 Å². The molecule has 2 unspecified atom stereocenters. The standard InChI is InChI=1S/C14H26N4O2/c1-5-11(4)13(19)8-15-14(20)12-9-18(17-16-12)7-6-10(2)3/h9-11,13,19H,5-8H2,1-4H3,(H,15,20). The average Bonchev–Trinajstić information content (AvgIpc) is 2.90. The largest absolute Gasteiger partial charge is 0.391 e. The van der Waals surface area contributed by atoms with Crippen LogP contribution < -0.4 is 5.32 Å². The molecule has 20 heavy (non-hydrogen) atoms. The summed E-state index contributed by atoms with van der Waals surface area (Å²) in [4.78, 5) is 11.9. The highest BCUT2D eigenvalue weighted by molar-refractivity contribution is 5.91. The van der Waals surface area contributed by atoms with Crippen LogP contribution in [0.5, 0.6) is 0 Å². The van der Waals surface area contributed by atoms with E-state index in [-0.39, 0.29) is 18.4 Å². The number of aliphatic hydroxyl groups excluding tert-OH is 1. The minimum Gasteiger partial charge on any atom is -0.391 e. The zero-order chi connectivity index (χ0) is 15.1. The Morgan fingerprint density at radius 1 is 1.45 bits per heavy atom. The maximum Gasteiger partial charge on any atom is 0.273 e. The molecule has 6 nitrogen and oxygen atoms in total. The van der Waals surface area contributed by atoms with Crippen molar-refractivity contribution in [2.45, 2.75) is 53.2 Å². The molecule has 1 aromatic heterocycles. The van der Waals surface area contributed by atoms with Crippen LogP contribution in [-0.2, 0) is 6.54 Å². The van der Waals surface area contributed by atoms with E-state index in [2.05, 4.69) is 29.5 Å². The van der Waals surface area contributed by atoms with Gasteiger partial charge < -0.3 is 10.4 Å². The summed E-state index contributed by atoms with van der Waals surface area (Å²) in [6.07, 6.45) is 2.99. The number of rotatable bonds is 8. The smallest absolute Gasteiger partial charge is 0.273 e. The molecule has 2 atom stereocenters. The third-order valence-corrected chi connectivity index (χ3v) is 3.48. The van der Waals surface area contributed by atoms with Crippen LogP contribution in [0.2, 0.25) is 0 Å². The van der Waals surface area contributed by atoms with Gasteiger partial charge in [0.15, 0.2) is 5.69 Å². The van der Waals surface area contributed by atoms with Crippen LogP contribution in [0.15, 0.2) is 6.20 Å². The van der Waals surface area contributed by atoms with Crippen LogP contribution >= 0.6 is 0 Å². The van der Waals surface area contributed by atoms with Crippen LogP contribution in [0.3, 0.4) is 0 Å². The molecule has 0 spiro atoms. The lowest BCUT2D eigenvalue weighted by atomic mass is 10.0. The van der Waals surface area contributed by atoms with Crippen molar-refractivity contribution >= 4 is 5.91 Å². The van der Waals surface area contributed by atoms with E-state index in [1.54, 1.807) is 10.9 Å². The molecule has 2 N–H and O–H groups in total. The molecule has 1 aromatic rings. The zero-order valence-electron chi connectivity index (χ0n) is 12.8. The maximum atomic E-state index is 11.9. The molecule has 0 fully saturated rings. The molecular formula is C14H26N4O2. The van der Waals surface area contributed by atoms with E-state index < -0.39 is 6.10 Å². The van der Waals surface area contributed by atoms with Crippen molar-refractivity contribution in [3.8, 4) is 0 Å². The van der Waals surface area contributed by atoms with Gasteiger partial charge in [0.25, 0.3) is 5.91 Å². The van der Waals surface area contributed by atoms with Crippen LogP contribution in [0, 0.1) is 11.8 Å². The first-order valence-corrected chi connectivity index (χ1v) is 7.30. The fourth-order valence-electron chi connectivity index (χ4n) is 1.66. The summed E-state index contributed by atoms with van der Waals surface area (Å²) < 4.78 is 1.68. The number of aromatic nitrogens is 3. The van der Waals surface area contributed by atoms with E-state index in [4.69, 9.17) is 0 Å². The number of amides is 1. The highest BCUT2D eigenvalue weighted by atomic mass is 16.3. The van der Waals surface area contributed by atoms with Gasteiger partial charge in [0, 0.05) is 13.1 Å². The minimum atomic E-state index is -0.528. The average molecular weight is 282 g/mol. The van der Waals surface area contributed by atoms with E-state index in [1.165, 1.54) is 0 Å². The number of nitrogens with one attached hydrogen (secondary N) is 1. The molecule has 0 saturated carbocycles. The van der Waals surface area contributed by atoms with Gasteiger partial charge in [0.1, 0.15) is 0 Å².